The Hall–Kier alpha value is -2.48. The van der Waals surface area contributed by atoms with Crippen LogP contribution in [0.1, 0.15) is 12.5 Å². The van der Waals surface area contributed by atoms with Gasteiger partial charge in [-0.25, -0.2) is 4.79 Å². The van der Waals surface area contributed by atoms with Crippen molar-refractivity contribution in [2.75, 3.05) is 19.8 Å². The molecule has 0 amide bonds. The molecule has 2 rings (SSSR count). The van der Waals surface area contributed by atoms with E-state index in [0.29, 0.717) is 17.1 Å². The van der Waals surface area contributed by atoms with Gasteiger partial charge in [-0.1, -0.05) is 6.07 Å². The molecule has 0 aliphatic carbocycles. The first-order valence-electron chi connectivity index (χ1n) is 6.31. The van der Waals surface area contributed by atoms with E-state index in [4.69, 9.17) is 19.5 Å². The van der Waals surface area contributed by atoms with E-state index in [1.165, 1.54) is 0 Å². The normalized spacial score (nSPS) is 15.8. The number of fused-ring (bicyclic) bond motifs is 1. The van der Waals surface area contributed by atoms with Gasteiger partial charge in [0.15, 0.2) is 11.5 Å². The fourth-order valence-electron chi connectivity index (χ4n) is 1.84. The van der Waals surface area contributed by atoms with Gasteiger partial charge in [-0.2, -0.15) is 5.26 Å². The topological polar surface area (TPSA) is 68.6 Å². The van der Waals surface area contributed by atoms with Gasteiger partial charge in [0.05, 0.1) is 6.61 Å². The lowest BCUT2D eigenvalue weighted by Crippen LogP contribution is -2.15. The summed E-state index contributed by atoms with van der Waals surface area (Å²) in [5, 5.41) is 9.11. The summed E-state index contributed by atoms with van der Waals surface area (Å²) in [5.74, 6) is 0.576. The van der Waals surface area contributed by atoms with E-state index < -0.39 is 5.97 Å². The minimum atomic E-state index is -0.640. The maximum Gasteiger partial charge on any atom is 0.349 e. The van der Waals surface area contributed by atoms with Crippen molar-refractivity contribution in [2.45, 2.75) is 13.8 Å². The average Bonchev–Trinajstić information content (AvgIpc) is 2.63. The molecular formula is C15H15NO4. The molecule has 104 valence electrons. The Kier molecular flexibility index (Phi) is 4.26. The molecule has 0 aromatic heterocycles. The quantitative estimate of drug-likeness (QED) is 0.469. The zero-order valence-corrected chi connectivity index (χ0v) is 11.4. The number of nitriles is 1. The predicted octanol–water partition coefficient (Wildman–Crippen LogP) is 2.15. The van der Waals surface area contributed by atoms with E-state index >= 15 is 0 Å². The Labute approximate surface area is 117 Å². The van der Waals surface area contributed by atoms with Gasteiger partial charge >= 0.3 is 5.97 Å². The van der Waals surface area contributed by atoms with E-state index in [1.54, 1.807) is 6.92 Å². The molecule has 0 spiro atoms. The van der Waals surface area contributed by atoms with Crippen molar-refractivity contribution >= 4 is 5.97 Å². The Morgan fingerprint density at radius 3 is 2.70 bits per heavy atom. The molecule has 0 saturated heterocycles. The number of rotatable bonds is 2. The first-order valence-corrected chi connectivity index (χ1v) is 6.31. The Balaban J connectivity index is 2.26. The van der Waals surface area contributed by atoms with E-state index in [0.717, 1.165) is 5.56 Å². The summed E-state index contributed by atoms with van der Waals surface area (Å²) in [6.45, 7) is 4.13. The lowest BCUT2D eigenvalue weighted by molar-refractivity contribution is -0.138. The van der Waals surface area contributed by atoms with Crippen LogP contribution < -0.4 is 9.47 Å². The molecule has 1 aliphatic heterocycles. The molecule has 1 heterocycles. The van der Waals surface area contributed by atoms with Gasteiger partial charge in [-0.3, -0.25) is 0 Å². The molecule has 0 bridgehead atoms. The molecule has 0 saturated carbocycles. The highest BCUT2D eigenvalue weighted by molar-refractivity contribution is 5.93. The number of esters is 1. The number of nitrogens with zero attached hydrogens (tertiary/aromatic N) is 1. The fourth-order valence-corrected chi connectivity index (χ4v) is 1.84. The minimum absolute atomic E-state index is 0.0450. The van der Waals surface area contributed by atoms with Gasteiger partial charge in [0, 0.05) is 5.57 Å². The van der Waals surface area contributed by atoms with Crippen molar-refractivity contribution in [3.05, 3.63) is 34.9 Å². The van der Waals surface area contributed by atoms with Crippen molar-refractivity contribution < 1.29 is 19.0 Å². The highest BCUT2D eigenvalue weighted by Gasteiger charge is 2.21. The first kappa shape index (κ1) is 13.9. The third-order valence-corrected chi connectivity index (χ3v) is 2.85. The van der Waals surface area contributed by atoms with Crippen LogP contribution in [0.15, 0.2) is 29.3 Å². The van der Waals surface area contributed by atoms with Crippen molar-refractivity contribution in [1.82, 2.24) is 0 Å². The van der Waals surface area contributed by atoms with E-state index in [1.807, 2.05) is 31.2 Å². The highest BCUT2D eigenvalue weighted by atomic mass is 16.5. The van der Waals surface area contributed by atoms with Crippen LogP contribution in [0.4, 0.5) is 0 Å². The average molecular weight is 273 g/mol. The van der Waals surface area contributed by atoms with E-state index in [-0.39, 0.29) is 25.4 Å². The third kappa shape index (κ3) is 2.91. The SMILES string of the molecule is CCOC(=O)/C(C#N)=C1\COc2ccc(C)cc2OC1. The number of carbonyl (C=O) groups is 1. The third-order valence-electron chi connectivity index (χ3n) is 2.85. The lowest BCUT2D eigenvalue weighted by Gasteiger charge is -2.06. The molecular weight excluding hydrogens is 258 g/mol. The fraction of sp³-hybridized carbons (Fsp3) is 0.333. The van der Waals surface area contributed by atoms with Gasteiger partial charge in [0.1, 0.15) is 24.9 Å². The summed E-state index contributed by atoms with van der Waals surface area (Å²) in [7, 11) is 0. The highest BCUT2D eigenvalue weighted by Crippen LogP contribution is 2.31. The summed E-state index contributed by atoms with van der Waals surface area (Å²) in [6, 6.07) is 7.44. The van der Waals surface area contributed by atoms with E-state index in [9.17, 15) is 4.79 Å². The largest absolute Gasteiger partial charge is 0.485 e. The molecule has 20 heavy (non-hydrogen) atoms. The molecule has 1 aromatic carbocycles. The number of carbonyl (C=O) groups excluding carboxylic acids is 1. The second kappa shape index (κ2) is 6.11. The summed E-state index contributed by atoms with van der Waals surface area (Å²) in [5.41, 5.74) is 1.49. The maximum absolute atomic E-state index is 11.7. The second-order valence-electron chi connectivity index (χ2n) is 4.34. The standard InChI is InChI=1S/C15H15NO4/c1-3-18-15(17)12(7-16)11-8-19-13-5-4-10(2)6-14(13)20-9-11/h4-6H,3,8-9H2,1-2H3/b12-11+. The summed E-state index contributed by atoms with van der Waals surface area (Å²) < 4.78 is 16.1. The molecule has 5 nitrogen and oxygen atoms in total. The number of hydrogen-bond acceptors (Lipinski definition) is 5. The number of hydrogen-bond donors (Lipinski definition) is 0. The number of benzene rings is 1. The second-order valence-corrected chi connectivity index (χ2v) is 4.34. The zero-order valence-electron chi connectivity index (χ0n) is 11.4. The van der Waals surface area contributed by atoms with E-state index in [2.05, 4.69) is 0 Å². The summed E-state index contributed by atoms with van der Waals surface area (Å²) in [6.07, 6.45) is 0. The van der Waals surface area contributed by atoms with Crippen molar-refractivity contribution in [3.8, 4) is 17.6 Å². The molecule has 5 heteroatoms. The first-order chi connectivity index (χ1) is 9.65. The zero-order chi connectivity index (χ0) is 14.5. The monoisotopic (exact) mass is 273 g/mol. The van der Waals surface area contributed by atoms with Gasteiger partial charge in [-0.05, 0) is 31.5 Å². The van der Waals surface area contributed by atoms with Crippen LogP contribution in [-0.4, -0.2) is 25.8 Å². The van der Waals surface area contributed by atoms with Crippen molar-refractivity contribution in [1.29, 1.82) is 5.26 Å². The minimum Gasteiger partial charge on any atom is -0.485 e. The van der Waals surface area contributed by atoms with Crippen LogP contribution >= 0.6 is 0 Å². The van der Waals surface area contributed by atoms with Crippen LogP contribution in [0.25, 0.3) is 0 Å². The Morgan fingerprint density at radius 2 is 2.05 bits per heavy atom. The lowest BCUT2D eigenvalue weighted by atomic mass is 10.1. The van der Waals surface area contributed by atoms with Crippen LogP contribution in [0, 0.1) is 18.3 Å². The maximum atomic E-state index is 11.7. The van der Waals surface area contributed by atoms with Gasteiger partial charge in [0.2, 0.25) is 0 Å². The van der Waals surface area contributed by atoms with Crippen molar-refractivity contribution in [2.24, 2.45) is 0 Å². The van der Waals surface area contributed by atoms with Crippen LogP contribution in [-0.2, 0) is 9.53 Å². The Morgan fingerprint density at radius 1 is 1.35 bits per heavy atom. The molecule has 0 radical (unpaired) electrons. The van der Waals surface area contributed by atoms with Gasteiger partial charge in [-0.15, -0.1) is 0 Å². The van der Waals surface area contributed by atoms with Crippen LogP contribution in [0.2, 0.25) is 0 Å². The molecule has 0 atom stereocenters. The number of ether oxygens (including phenoxy) is 3. The molecule has 0 unspecified atom stereocenters. The smallest absolute Gasteiger partial charge is 0.349 e. The molecule has 0 N–H and O–H groups in total. The Bertz CT molecular complexity index is 598. The molecule has 1 aromatic rings. The molecule has 0 fully saturated rings. The molecule has 1 aliphatic rings. The predicted molar refractivity (Wildman–Crippen MR) is 71.4 cm³/mol. The summed E-state index contributed by atoms with van der Waals surface area (Å²) >= 11 is 0. The summed E-state index contributed by atoms with van der Waals surface area (Å²) in [4.78, 5) is 11.7. The van der Waals surface area contributed by atoms with Crippen LogP contribution in [0.3, 0.4) is 0 Å². The van der Waals surface area contributed by atoms with Crippen LogP contribution in [0.5, 0.6) is 11.5 Å². The van der Waals surface area contributed by atoms with Crippen molar-refractivity contribution in [3.63, 3.8) is 0 Å². The number of aryl methyl sites for hydroxylation is 1. The van der Waals surface area contributed by atoms with Gasteiger partial charge < -0.3 is 14.2 Å². The van der Waals surface area contributed by atoms with Gasteiger partial charge in [0.25, 0.3) is 0 Å².